The second kappa shape index (κ2) is 14.2. The van der Waals surface area contributed by atoms with Crippen molar-refractivity contribution >= 4 is 45.7 Å². The Bertz CT molecular complexity index is 2030. The van der Waals surface area contributed by atoms with Crippen LogP contribution in [0.4, 0.5) is 5.69 Å². The number of hydrogen-bond acceptors (Lipinski definition) is 5. The number of benzene rings is 3. The van der Waals surface area contributed by atoms with Gasteiger partial charge in [-0.25, -0.2) is 9.97 Å². The van der Waals surface area contributed by atoms with Crippen LogP contribution in [-0.2, 0) is 0 Å². The van der Waals surface area contributed by atoms with Crippen molar-refractivity contribution in [2.75, 3.05) is 25.0 Å². The highest BCUT2D eigenvalue weighted by Crippen LogP contribution is 2.41. The van der Waals surface area contributed by atoms with Gasteiger partial charge in [0.25, 0.3) is 5.91 Å². The number of hydrogen-bond donors (Lipinski definition) is 3. The average Bonchev–Trinajstić information content (AvgIpc) is 3.71. The predicted octanol–water partition coefficient (Wildman–Crippen LogP) is 9.03. The number of carbonyl (C=O) groups is 1. The van der Waals surface area contributed by atoms with Gasteiger partial charge in [0, 0.05) is 38.3 Å². The molecule has 0 saturated carbocycles. The third-order valence-corrected chi connectivity index (χ3v) is 9.57. The Morgan fingerprint density at radius 3 is 2.54 bits per heavy atom. The van der Waals surface area contributed by atoms with E-state index in [1.165, 1.54) is 0 Å². The van der Waals surface area contributed by atoms with Crippen LogP contribution in [0.3, 0.4) is 0 Å². The molecule has 1 aliphatic heterocycles. The summed E-state index contributed by atoms with van der Waals surface area (Å²) in [5, 5.41) is 8.57. The third kappa shape index (κ3) is 6.69. The Morgan fingerprint density at radius 2 is 1.75 bits per heavy atom. The van der Waals surface area contributed by atoms with E-state index in [2.05, 4.69) is 32.1 Å². The number of piperidine rings is 1. The number of carbonyl (C=O) groups excluding carboxylic acids is 1. The molecule has 0 radical (unpaired) electrons. The van der Waals surface area contributed by atoms with Gasteiger partial charge in [-0.05, 0) is 87.2 Å². The van der Waals surface area contributed by atoms with Crippen molar-refractivity contribution in [1.82, 2.24) is 24.8 Å². The van der Waals surface area contributed by atoms with Gasteiger partial charge in [-0.15, -0.1) is 0 Å². The van der Waals surface area contributed by atoms with Gasteiger partial charge in [-0.3, -0.25) is 4.79 Å². The topological polar surface area (TPSA) is 96.9 Å². The van der Waals surface area contributed by atoms with Crippen molar-refractivity contribution in [2.45, 2.75) is 32.2 Å². The molecule has 1 amide bonds. The minimum Gasteiger partial charge on any atom is -0.476 e. The largest absolute Gasteiger partial charge is 0.476 e. The van der Waals surface area contributed by atoms with E-state index >= 15 is 0 Å². The summed E-state index contributed by atoms with van der Waals surface area (Å²) in [4.78, 5) is 27.2. The standard InChI is InChI=1S/C38H36Cl2N6O2/c1-24(26-9-11-28(39)12-10-26)46-23-43-34(27-6-3-2-4-7-27)36(46)33-30-14-13-29(40)22-32(30)44-35(33)37(47)45-31-8-5-18-42-38(31)48-21-17-25-15-19-41-20-16-25/h2-14,18,22-25,41,44H,15-17,19-21H2,1H3,(H,45,47). The number of rotatable bonds is 10. The van der Waals surface area contributed by atoms with E-state index in [0.717, 1.165) is 65.8 Å². The molecule has 1 atom stereocenters. The van der Waals surface area contributed by atoms with Crippen LogP contribution < -0.4 is 15.4 Å². The molecule has 3 N–H and O–H groups in total. The number of nitrogens with one attached hydrogen (secondary N) is 3. The Hall–Kier alpha value is -4.63. The van der Waals surface area contributed by atoms with E-state index in [-0.39, 0.29) is 11.9 Å². The Balaban J connectivity index is 1.30. The van der Waals surface area contributed by atoms with Gasteiger partial charge in [-0.2, -0.15) is 0 Å². The number of fused-ring (bicyclic) bond motifs is 1. The quantitative estimate of drug-likeness (QED) is 0.134. The molecule has 0 bridgehead atoms. The number of imidazole rings is 1. The Morgan fingerprint density at radius 1 is 0.979 bits per heavy atom. The molecule has 8 nitrogen and oxygen atoms in total. The van der Waals surface area contributed by atoms with Crippen molar-refractivity contribution in [3.8, 4) is 28.4 Å². The molecule has 3 aromatic carbocycles. The molecule has 48 heavy (non-hydrogen) atoms. The van der Waals surface area contributed by atoms with Crippen molar-refractivity contribution in [3.05, 3.63) is 119 Å². The zero-order chi connectivity index (χ0) is 33.0. The van der Waals surface area contributed by atoms with Crippen LogP contribution >= 0.6 is 23.2 Å². The fraction of sp³-hybridized carbons (Fsp3) is 0.237. The zero-order valence-corrected chi connectivity index (χ0v) is 28.1. The first-order valence-corrected chi connectivity index (χ1v) is 17.0. The number of H-pyrrole nitrogens is 1. The van der Waals surface area contributed by atoms with Gasteiger partial charge in [0.1, 0.15) is 11.4 Å². The molecule has 1 saturated heterocycles. The second-order valence-electron chi connectivity index (χ2n) is 12.1. The summed E-state index contributed by atoms with van der Waals surface area (Å²) in [5.74, 6) is 0.680. The van der Waals surface area contributed by atoms with Crippen LogP contribution in [-0.4, -0.2) is 45.1 Å². The SMILES string of the molecule is CC(c1ccc(Cl)cc1)n1cnc(-c2ccccc2)c1-c1c(C(=O)Nc2cccnc2OCCC2CCNCC2)[nH]c2cc(Cl)ccc12. The molecular formula is C38H36Cl2N6O2. The number of aromatic amines is 1. The number of halogens is 2. The molecule has 3 aromatic heterocycles. The lowest BCUT2D eigenvalue weighted by molar-refractivity contribution is 0.102. The summed E-state index contributed by atoms with van der Waals surface area (Å²) in [6.07, 6.45) is 6.73. The predicted molar refractivity (Wildman–Crippen MR) is 193 cm³/mol. The lowest BCUT2D eigenvalue weighted by Gasteiger charge is -2.22. The molecule has 1 unspecified atom stereocenters. The summed E-state index contributed by atoms with van der Waals surface area (Å²) in [6.45, 7) is 4.72. The van der Waals surface area contributed by atoms with Gasteiger partial charge >= 0.3 is 0 Å². The molecule has 10 heteroatoms. The van der Waals surface area contributed by atoms with Gasteiger partial charge in [0.05, 0.1) is 30.4 Å². The van der Waals surface area contributed by atoms with Crippen molar-refractivity contribution in [1.29, 1.82) is 0 Å². The molecule has 1 fully saturated rings. The lowest BCUT2D eigenvalue weighted by Crippen LogP contribution is -2.28. The number of aromatic nitrogens is 4. The summed E-state index contributed by atoms with van der Waals surface area (Å²) >= 11 is 12.7. The van der Waals surface area contributed by atoms with Crippen LogP contribution in [0.5, 0.6) is 5.88 Å². The van der Waals surface area contributed by atoms with E-state index < -0.39 is 0 Å². The maximum Gasteiger partial charge on any atom is 0.272 e. The first kappa shape index (κ1) is 31.9. The normalized spacial score (nSPS) is 14.2. The Labute approximate surface area is 289 Å². The number of amides is 1. The smallest absolute Gasteiger partial charge is 0.272 e. The van der Waals surface area contributed by atoms with E-state index in [1.54, 1.807) is 12.3 Å². The van der Waals surface area contributed by atoms with E-state index in [1.807, 2.05) is 85.2 Å². The van der Waals surface area contributed by atoms with Crippen molar-refractivity contribution in [2.24, 2.45) is 5.92 Å². The van der Waals surface area contributed by atoms with Gasteiger partial charge in [0.15, 0.2) is 0 Å². The van der Waals surface area contributed by atoms with Gasteiger partial charge in [0.2, 0.25) is 5.88 Å². The second-order valence-corrected chi connectivity index (χ2v) is 13.0. The monoisotopic (exact) mass is 678 g/mol. The first-order chi connectivity index (χ1) is 23.5. The third-order valence-electron chi connectivity index (χ3n) is 9.08. The number of pyridine rings is 1. The number of nitrogens with zero attached hydrogens (tertiary/aromatic N) is 3. The van der Waals surface area contributed by atoms with E-state index in [9.17, 15) is 4.79 Å². The highest BCUT2D eigenvalue weighted by Gasteiger charge is 2.28. The Kier molecular flexibility index (Phi) is 9.47. The average molecular weight is 680 g/mol. The van der Waals surface area contributed by atoms with Crippen LogP contribution in [0.15, 0.2) is 97.5 Å². The fourth-order valence-corrected chi connectivity index (χ4v) is 6.77. The van der Waals surface area contributed by atoms with Crippen molar-refractivity contribution in [3.63, 3.8) is 0 Å². The fourth-order valence-electron chi connectivity index (χ4n) is 6.48. The summed E-state index contributed by atoms with van der Waals surface area (Å²) in [7, 11) is 0. The van der Waals surface area contributed by atoms with Gasteiger partial charge in [-0.1, -0.05) is 71.7 Å². The molecule has 1 aliphatic rings. The lowest BCUT2D eigenvalue weighted by atomic mass is 9.95. The summed E-state index contributed by atoms with van der Waals surface area (Å²) in [5.41, 5.74) is 5.86. The molecular weight excluding hydrogens is 643 g/mol. The molecule has 0 spiro atoms. The minimum absolute atomic E-state index is 0.131. The number of ether oxygens (including phenoxy) is 1. The van der Waals surface area contributed by atoms with E-state index in [4.69, 9.17) is 32.9 Å². The van der Waals surface area contributed by atoms with Crippen LogP contribution in [0.25, 0.3) is 33.4 Å². The highest BCUT2D eigenvalue weighted by atomic mass is 35.5. The van der Waals surface area contributed by atoms with Gasteiger partial charge < -0.3 is 24.9 Å². The summed E-state index contributed by atoms with van der Waals surface area (Å²) < 4.78 is 8.25. The molecule has 4 heterocycles. The maximum absolute atomic E-state index is 14.4. The van der Waals surface area contributed by atoms with Crippen LogP contribution in [0.2, 0.25) is 10.0 Å². The van der Waals surface area contributed by atoms with Crippen LogP contribution in [0, 0.1) is 5.92 Å². The first-order valence-electron chi connectivity index (χ1n) is 16.3. The molecule has 6 aromatic rings. The highest BCUT2D eigenvalue weighted by molar-refractivity contribution is 6.31. The molecule has 244 valence electrons. The molecule has 0 aliphatic carbocycles. The minimum atomic E-state index is -0.334. The number of anilines is 1. The van der Waals surface area contributed by atoms with Crippen LogP contribution in [0.1, 0.15) is 48.3 Å². The summed E-state index contributed by atoms with van der Waals surface area (Å²) in [6, 6.07) is 26.9. The maximum atomic E-state index is 14.4. The molecule has 7 rings (SSSR count). The van der Waals surface area contributed by atoms with E-state index in [0.29, 0.717) is 45.4 Å². The zero-order valence-electron chi connectivity index (χ0n) is 26.5. The van der Waals surface area contributed by atoms with Crippen molar-refractivity contribution < 1.29 is 9.53 Å².